The van der Waals surface area contributed by atoms with Crippen LogP contribution in [-0.4, -0.2) is 142 Å². The van der Waals surface area contributed by atoms with Crippen molar-refractivity contribution in [3.05, 3.63) is 36.5 Å². The van der Waals surface area contributed by atoms with E-state index in [-0.39, 0.29) is 13.0 Å². The Kier molecular flexibility index (Phi) is 40.1. The lowest BCUT2D eigenvalue weighted by molar-refractivity contribution is -0.332. The molecule has 72 heavy (non-hydrogen) atoms. The van der Waals surface area contributed by atoms with Crippen LogP contribution in [0.15, 0.2) is 36.5 Å². The van der Waals surface area contributed by atoms with E-state index >= 15 is 0 Å². The van der Waals surface area contributed by atoms with Gasteiger partial charge in [-0.1, -0.05) is 198 Å². The molecule has 420 valence electrons. The Labute approximate surface area is 434 Å². The SMILES string of the molecule is CCCCCCCC/C=C/CCCCCCCCCCCCCC(=O)O[C@H](COC(=O)/C=C/C=C/CCCCCCCCCCCCC)CO[C@H]1O[C@@H](CO[C@H]2O[C@@H](CO)[C@@H](O)C(O)C2O)[C@@H](O)C(O)C1O. The summed E-state index contributed by atoms with van der Waals surface area (Å²) in [6.07, 6.45) is 32.3. The third-order valence-corrected chi connectivity index (χ3v) is 13.7. The number of unbranched alkanes of at least 4 members (excludes halogenated alkanes) is 28. The van der Waals surface area contributed by atoms with Crippen molar-refractivity contribution in [3.63, 3.8) is 0 Å². The summed E-state index contributed by atoms with van der Waals surface area (Å²) >= 11 is 0. The number of rotatable bonds is 45. The van der Waals surface area contributed by atoms with E-state index in [9.17, 15) is 45.3 Å². The highest BCUT2D eigenvalue weighted by Gasteiger charge is 2.47. The summed E-state index contributed by atoms with van der Waals surface area (Å²) in [5.74, 6) is -1.17. The average molecular weight is 1030 g/mol. The van der Waals surface area contributed by atoms with E-state index in [0.717, 1.165) is 32.1 Å². The standard InChI is InChI=1S/C57H102O15/c1-3-5-7-9-11-13-15-17-19-20-21-22-23-24-26-28-30-32-34-36-38-40-49(60)70-45(42-67-48(59)39-37-35-33-31-29-27-25-18-16-14-12-10-8-6-4-2)43-68-56-55(66)53(64)51(62)47(72-56)44-69-57-54(65)52(63)50(61)46(41-58)71-57/h17,19,33,35,37,39,45-47,50-58,61-66H,3-16,18,20-32,34,36,38,40-44H2,1-2H3/b19-17+,35-33+,39-37+/t45-,46+,47+,50-,51-,52?,53?,54?,55?,56+,57+/m1/s1. The molecular weight excluding hydrogens is 925 g/mol. The summed E-state index contributed by atoms with van der Waals surface area (Å²) < 4.78 is 33.5. The Balaban J connectivity index is 1.78. The first-order chi connectivity index (χ1) is 35.0. The number of carbonyl (C=O) groups is 2. The maximum Gasteiger partial charge on any atom is 0.330 e. The number of hydrogen-bond acceptors (Lipinski definition) is 15. The molecule has 0 aliphatic carbocycles. The van der Waals surface area contributed by atoms with Crippen molar-refractivity contribution < 1.29 is 73.8 Å². The van der Waals surface area contributed by atoms with Crippen LogP contribution in [0.25, 0.3) is 0 Å². The lowest BCUT2D eigenvalue weighted by atomic mass is 9.98. The largest absolute Gasteiger partial charge is 0.458 e. The average Bonchev–Trinajstić information content (AvgIpc) is 3.37. The van der Waals surface area contributed by atoms with Gasteiger partial charge in [0.05, 0.1) is 19.8 Å². The molecule has 0 radical (unpaired) electrons. The highest BCUT2D eigenvalue weighted by Crippen LogP contribution is 2.27. The van der Waals surface area contributed by atoms with Gasteiger partial charge in [-0.2, -0.15) is 0 Å². The van der Waals surface area contributed by atoms with E-state index in [0.29, 0.717) is 6.42 Å². The van der Waals surface area contributed by atoms with E-state index in [2.05, 4.69) is 26.0 Å². The predicted molar refractivity (Wildman–Crippen MR) is 280 cm³/mol. The van der Waals surface area contributed by atoms with Crippen molar-refractivity contribution in [2.75, 3.05) is 26.4 Å². The van der Waals surface area contributed by atoms with Gasteiger partial charge < -0.3 is 64.2 Å². The van der Waals surface area contributed by atoms with Gasteiger partial charge in [0.15, 0.2) is 18.7 Å². The molecule has 0 aromatic rings. The van der Waals surface area contributed by atoms with Gasteiger partial charge in [-0.05, 0) is 44.9 Å². The first-order valence-corrected chi connectivity index (χ1v) is 28.6. The number of carbonyl (C=O) groups excluding carboxylic acids is 2. The van der Waals surface area contributed by atoms with Crippen LogP contribution in [0.1, 0.15) is 219 Å². The molecule has 11 atom stereocenters. The predicted octanol–water partition coefficient (Wildman–Crippen LogP) is 9.27. The molecule has 2 fully saturated rings. The molecule has 4 unspecified atom stereocenters. The number of esters is 2. The van der Waals surface area contributed by atoms with Gasteiger partial charge in [-0.15, -0.1) is 0 Å². The fourth-order valence-corrected chi connectivity index (χ4v) is 9.01. The van der Waals surface area contributed by atoms with Gasteiger partial charge in [0.2, 0.25) is 0 Å². The quantitative estimate of drug-likeness (QED) is 0.00991. The highest BCUT2D eigenvalue weighted by molar-refractivity contribution is 5.82. The molecule has 2 rings (SSSR count). The Bertz CT molecular complexity index is 1390. The lowest BCUT2D eigenvalue weighted by Gasteiger charge is -2.42. The second-order valence-electron chi connectivity index (χ2n) is 20.2. The van der Waals surface area contributed by atoms with Crippen LogP contribution in [0.4, 0.5) is 0 Å². The summed E-state index contributed by atoms with van der Waals surface area (Å²) in [4.78, 5) is 25.7. The van der Waals surface area contributed by atoms with Crippen LogP contribution < -0.4 is 0 Å². The molecule has 2 aliphatic heterocycles. The van der Waals surface area contributed by atoms with Crippen molar-refractivity contribution >= 4 is 11.9 Å². The Hall–Kier alpha value is -2.28. The minimum absolute atomic E-state index is 0.146. The van der Waals surface area contributed by atoms with E-state index in [1.165, 1.54) is 167 Å². The molecule has 2 heterocycles. The highest BCUT2D eigenvalue weighted by atomic mass is 16.7. The molecule has 0 amide bonds. The third-order valence-electron chi connectivity index (χ3n) is 13.7. The first-order valence-electron chi connectivity index (χ1n) is 28.6. The molecule has 0 saturated carbocycles. The molecule has 0 aromatic heterocycles. The Morgan fingerprint density at radius 2 is 0.889 bits per heavy atom. The fraction of sp³-hybridized carbons (Fsp3) is 0.860. The molecule has 15 heteroatoms. The lowest BCUT2D eigenvalue weighted by Crippen LogP contribution is -2.61. The monoisotopic (exact) mass is 1030 g/mol. The molecule has 15 nitrogen and oxygen atoms in total. The van der Waals surface area contributed by atoms with E-state index in [4.69, 9.17) is 28.4 Å². The normalized spacial score (nSPS) is 25.2. The Morgan fingerprint density at radius 3 is 1.38 bits per heavy atom. The summed E-state index contributed by atoms with van der Waals surface area (Å²) in [7, 11) is 0. The number of hydrogen-bond donors (Lipinski definition) is 7. The maximum absolute atomic E-state index is 13.0. The minimum Gasteiger partial charge on any atom is -0.458 e. The maximum atomic E-state index is 13.0. The minimum atomic E-state index is -1.78. The molecule has 7 N–H and O–H groups in total. The molecular formula is C57H102O15. The first kappa shape index (κ1) is 65.8. The van der Waals surface area contributed by atoms with E-state index < -0.39 is 99.3 Å². The van der Waals surface area contributed by atoms with Crippen molar-refractivity contribution in [3.8, 4) is 0 Å². The van der Waals surface area contributed by atoms with Crippen molar-refractivity contribution in [1.29, 1.82) is 0 Å². The van der Waals surface area contributed by atoms with Gasteiger partial charge in [-0.3, -0.25) is 4.79 Å². The summed E-state index contributed by atoms with van der Waals surface area (Å²) in [6, 6.07) is 0. The smallest absolute Gasteiger partial charge is 0.330 e. The molecule has 2 saturated heterocycles. The second-order valence-corrected chi connectivity index (χ2v) is 20.2. The molecule has 2 aliphatic rings. The van der Waals surface area contributed by atoms with E-state index in [1.54, 1.807) is 12.2 Å². The number of ether oxygens (including phenoxy) is 6. The van der Waals surface area contributed by atoms with Crippen molar-refractivity contribution in [1.82, 2.24) is 0 Å². The van der Waals surface area contributed by atoms with E-state index in [1.807, 2.05) is 6.08 Å². The van der Waals surface area contributed by atoms with Gasteiger partial charge in [-0.25, -0.2) is 4.79 Å². The van der Waals surface area contributed by atoms with Gasteiger partial charge >= 0.3 is 11.9 Å². The van der Waals surface area contributed by atoms with Gasteiger partial charge in [0.1, 0.15) is 55.4 Å². The van der Waals surface area contributed by atoms with Crippen LogP contribution in [0, 0.1) is 0 Å². The molecule has 0 spiro atoms. The summed E-state index contributed by atoms with van der Waals surface area (Å²) in [5.41, 5.74) is 0. The summed E-state index contributed by atoms with van der Waals surface area (Å²) in [6.45, 7) is 2.49. The number of aliphatic hydroxyl groups is 7. The van der Waals surface area contributed by atoms with Crippen LogP contribution >= 0.6 is 0 Å². The van der Waals surface area contributed by atoms with Crippen LogP contribution in [0.2, 0.25) is 0 Å². The van der Waals surface area contributed by atoms with Crippen molar-refractivity contribution in [2.24, 2.45) is 0 Å². The molecule has 0 aromatic carbocycles. The zero-order valence-corrected chi connectivity index (χ0v) is 44.7. The third kappa shape index (κ3) is 30.9. The zero-order valence-electron chi connectivity index (χ0n) is 44.7. The zero-order chi connectivity index (χ0) is 52.4. The number of allylic oxidation sites excluding steroid dienone is 5. The number of aliphatic hydroxyl groups excluding tert-OH is 7. The van der Waals surface area contributed by atoms with Crippen LogP contribution in [0.5, 0.6) is 0 Å². The topological polar surface area (TPSA) is 231 Å². The summed E-state index contributed by atoms with van der Waals surface area (Å²) in [5, 5.41) is 72.2. The van der Waals surface area contributed by atoms with Crippen LogP contribution in [-0.2, 0) is 38.0 Å². The second kappa shape index (κ2) is 43.9. The van der Waals surface area contributed by atoms with Crippen molar-refractivity contribution in [2.45, 2.75) is 287 Å². The molecule has 0 bridgehead atoms. The Morgan fingerprint density at radius 1 is 0.472 bits per heavy atom. The van der Waals surface area contributed by atoms with Gasteiger partial charge in [0, 0.05) is 12.5 Å². The van der Waals surface area contributed by atoms with Crippen LogP contribution in [0.3, 0.4) is 0 Å². The van der Waals surface area contributed by atoms with Gasteiger partial charge in [0.25, 0.3) is 0 Å². The fourth-order valence-electron chi connectivity index (χ4n) is 9.01.